The molecule has 2 aromatic rings. The molecule has 1 saturated carbocycles. The molecule has 0 radical (unpaired) electrons. The van der Waals surface area contributed by atoms with Crippen LogP contribution >= 0.6 is 0 Å². The summed E-state index contributed by atoms with van der Waals surface area (Å²) in [5, 5.41) is 20.7. The van der Waals surface area contributed by atoms with Gasteiger partial charge in [0.25, 0.3) is 5.91 Å². The van der Waals surface area contributed by atoms with Crippen molar-refractivity contribution in [1.82, 2.24) is 5.32 Å². The van der Waals surface area contributed by atoms with Crippen LogP contribution in [-0.4, -0.2) is 17.1 Å². The van der Waals surface area contributed by atoms with E-state index in [0.717, 1.165) is 12.8 Å². The predicted octanol–water partition coefficient (Wildman–Crippen LogP) is 1.51. The van der Waals surface area contributed by atoms with E-state index < -0.39 is 0 Å². The molecule has 1 aliphatic carbocycles. The van der Waals surface area contributed by atoms with Gasteiger partial charge in [0.15, 0.2) is 11.3 Å². The number of carbonyl (C=O) groups is 1. The van der Waals surface area contributed by atoms with Crippen molar-refractivity contribution in [3.63, 3.8) is 0 Å². The van der Waals surface area contributed by atoms with E-state index in [-0.39, 0.29) is 34.4 Å². The monoisotopic (exact) mass is 244 g/mol. The van der Waals surface area contributed by atoms with E-state index in [0.29, 0.717) is 5.39 Å². The van der Waals surface area contributed by atoms with E-state index in [2.05, 4.69) is 5.32 Å². The van der Waals surface area contributed by atoms with Gasteiger partial charge in [-0.05, 0) is 25.0 Å². The Hall–Kier alpha value is -2.30. The van der Waals surface area contributed by atoms with Crippen LogP contribution in [0.15, 0.2) is 28.7 Å². The zero-order valence-electron chi connectivity index (χ0n) is 9.56. The van der Waals surface area contributed by atoms with Crippen molar-refractivity contribution >= 4 is 16.9 Å². The van der Waals surface area contributed by atoms with Crippen molar-refractivity contribution < 1.29 is 14.3 Å². The number of carbonyl (C=O) groups excluding carboxylic acids is 1. The number of hydrogen-bond donors (Lipinski definition) is 3. The van der Waals surface area contributed by atoms with Crippen molar-refractivity contribution in [2.45, 2.75) is 18.9 Å². The number of fused-ring (bicyclic) bond motifs is 1. The molecule has 3 N–H and O–H groups in total. The number of nitrogens with one attached hydrogen (secondary N) is 2. The predicted molar refractivity (Wildman–Crippen MR) is 64.2 cm³/mol. The van der Waals surface area contributed by atoms with E-state index in [1.54, 1.807) is 18.2 Å². The van der Waals surface area contributed by atoms with Crippen LogP contribution in [0.5, 0.6) is 5.75 Å². The van der Waals surface area contributed by atoms with Gasteiger partial charge in [0.2, 0.25) is 5.55 Å². The molecule has 1 heterocycles. The molecule has 5 heteroatoms. The fourth-order valence-corrected chi connectivity index (χ4v) is 1.80. The van der Waals surface area contributed by atoms with Gasteiger partial charge in [0.1, 0.15) is 5.56 Å². The van der Waals surface area contributed by atoms with Gasteiger partial charge < -0.3 is 14.8 Å². The molecule has 1 aromatic carbocycles. The third-order valence-corrected chi connectivity index (χ3v) is 2.93. The minimum atomic E-state index is -0.295. The molecule has 0 bridgehead atoms. The molecule has 1 fully saturated rings. The average molecular weight is 244 g/mol. The molecule has 1 amide bonds. The number of amides is 1. The zero-order chi connectivity index (χ0) is 12.7. The van der Waals surface area contributed by atoms with Crippen molar-refractivity contribution in [1.29, 1.82) is 5.41 Å². The number of phenols is 1. The average Bonchev–Trinajstić information content (AvgIpc) is 3.13. The summed E-state index contributed by atoms with van der Waals surface area (Å²) in [5.74, 6) is -0.327. The van der Waals surface area contributed by atoms with Gasteiger partial charge >= 0.3 is 0 Å². The smallest absolute Gasteiger partial charge is 0.257 e. The Bertz CT molecular complexity index is 686. The van der Waals surface area contributed by atoms with E-state index in [1.807, 2.05) is 0 Å². The second kappa shape index (κ2) is 3.87. The summed E-state index contributed by atoms with van der Waals surface area (Å²) in [4.78, 5) is 11.9. The maximum Gasteiger partial charge on any atom is 0.257 e. The molecule has 18 heavy (non-hydrogen) atoms. The fraction of sp³-hybridized carbons (Fsp3) is 0.231. The number of para-hydroxylation sites is 1. The molecule has 0 unspecified atom stereocenters. The van der Waals surface area contributed by atoms with Gasteiger partial charge in [-0.25, -0.2) is 0 Å². The van der Waals surface area contributed by atoms with Gasteiger partial charge in [-0.2, -0.15) is 0 Å². The highest BCUT2D eigenvalue weighted by Crippen LogP contribution is 2.24. The SMILES string of the molecule is N=c1oc2c(O)cccc2cc1C(=O)NC1CC1. The van der Waals surface area contributed by atoms with E-state index >= 15 is 0 Å². The minimum absolute atomic E-state index is 0.0323. The van der Waals surface area contributed by atoms with Crippen LogP contribution < -0.4 is 10.9 Å². The number of hydrogen-bond acceptors (Lipinski definition) is 4. The Balaban J connectivity index is 2.09. The third-order valence-electron chi connectivity index (χ3n) is 2.93. The van der Waals surface area contributed by atoms with Gasteiger partial charge in [-0.1, -0.05) is 12.1 Å². The summed E-state index contributed by atoms with van der Waals surface area (Å²) in [6, 6.07) is 6.68. The Kier molecular flexibility index (Phi) is 2.33. The van der Waals surface area contributed by atoms with Gasteiger partial charge in [-0.3, -0.25) is 10.2 Å². The lowest BCUT2D eigenvalue weighted by Gasteiger charge is -2.05. The van der Waals surface area contributed by atoms with Crippen LogP contribution in [0.2, 0.25) is 0 Å². The molecule has 0 aliphatic heterocycles. The van der Waals surface area contributed by atoms with Crippen LogP contribution in [0.25, 0.3) is 11.0 Å². The van der Waals surface area contributed by atoms with Gasteiger partial charge in [0.05, 0.1) is 0 Å². The molecule has 3 rings (SSSR count). The molecule has 1 aromatic heterocycles. The van der Waals surface area contributed by atoms with Crippen molar-refractivity contribution in [2.24, 2.45) is 0 Å². The molecule has 92 valence electrons. The van der Waals surface area contributed by atoms with Crippen LogP contribution in [0.4, 0.5) is 0 Å². The maximum absolute atomic E-state index is 11.9. The lowest BCUT2D eigenvalue weighted by Crippen LogP contribution is -2.29. The molecule has 0 atom stereocenters. The Labute approximate surface area is 103 Å². The van der Waals surface area contributed by atoms with Gasteiger partial charge in [0, 0.05) is 11.4 Å². The summed E-state index contributed by atoms with van der Waals surface area (Å²) in [5.41, 5.74) is 0.188. The lowest BCUT2D eigenvalue weighted by atomic mass is 10.1. The molecular formula is C13H12N2O3. The number of rotatable bonds is 2. The highest BCUT2D eigenvalue weighted by molar-refractivity contribution is 5.97. The molecule has 0 spiro atoms. The number of aromatic hydroxyl groups is 1. The minimum Gasteiger partial charge on any atom is -0.504 e. The van der Waals surface area contributed by atoms with Crippen LogP contribution in [0.3, 0.4) is 0 Å². The van der Waals surface area contributed by atoms with E-state index in [1.165, 1.54) is 6.07 Å². The molecule has 5 nitrogen and oxygen atoms in total. The second-order valence-electron chi connectivity index (χ2n) is 4.43. The lowest BCUT2D eigenvalue weighted by molar-refractivity contribution is 0.0946. The molecule has 1 aliphatic rings. The second-order valence-corrected chi connectivity index (χ2v) is 4.43. The van der Waals surface area contributed by atoms with Crippen LogP contribution in [0, 0.1) is 5.41 Å². The summed E-state index contributed by atoms with van der Waals surface area (Å²) in [6.07, 6.45) is 1.98. The molecule has 0 saturated heterocycles. The summed E-state index contributed by atoms with van der Waals surface area (Å²) < 4.78 is 5.20. The Morgan fingerprint density at radius 1 is 1.44 bits per heavy atom. The summed E-state index contributed by atoms with van der Waals surface area (Å²) in [6.45, 7) is 0. The van der Waals surface area contributed by atoms with Crippen molar-refractivity contribution in [2.75, 3.05) is 0 Å². The van der Waals surface area contributed by atoms with Crippen LogP contribution in [0.1, 0.15) is 23.2 Å². The topological polar surface area (TPSA) is 86.3 Å². The largest absolute Gasteiger partial charge is 0.504 e. The normalized spacial score (nSPS) is 14.7. The van der Waals surface area contributed by atoms with E-state index in [9.17, 15) is 9.90 Å². The maximum atomic E-state index is 11.9. The third kappa shape index (κ3) is 1.84. The summed E-state index contributed by atoms with van der Waals surface area (Å²) in [7, 11) is 0. The summed E-state index contributed by atoms with van der Waals surface area (Å²) >= 11 is 0. The first kappa shape index (κ1) is 10.8. The quantitative estimate of drug-likeness (QED) is 0.748. The number of phenolic OH excluding ortho intramolecular Hbond substituents is 1. The number of benzene rings is 1. The first-order valence-corrected chi connectivity index (χ1v) is 5.76. The fourth-order valence-electron chi connectivity index (χ4n) is 1.80. The Morgan fingerprint density at radius 3 is 2.94 bits per heavy atom. The highest BCUT2D eigenvalue weighted by Gasteiger charge is 2.25. The zero-order valence-corrected chi connectivity index (χ0v) is 9.56. The Morgan fingerprint density at radius 2 is 2.22 bits per heavy atom. The first-order chi connectivity index (χ1) is 8.65. The van der Waals surface area contributed by atoms with Crippen molar-refractivity contribution in [3.05, 3.63) is 35.4 Å². The first-order valence-electron chi connectivity index (χ1n) is 5.76. The highest BCUT2D eigenvalue weighted by atomic mass is 16.4. The van der Waals surface area contributed by atoms with Gasteiger partial charge in [-0.15, -0.1) is 0 Å². The molecular weight excluding hydrogens is 232 g/mol. The van der Waals surface area contributed by atoms with E-state index in [4.69, 9.17) is 9.83 Å². The standard InChI is InChI=1S/C13H12N2O3/c14-12-9(13(17)15-8-4-5-8)6-7-2-1-3-10(16)11(7)18-12/h1-3,6,8,14,16H,4-5H2,(H,15,17). The van der Waals surface area contributed by atoms with Crippen LogP contribution in [-0.2, 0) is 0 Å². The van der Waals surface area contributed by atoms with Crippen molar-refractivity contribution in [3.8, 4) is 5.75 Å².